The Morgan fingerprint density at radius 1 is 1.07 bits per heavy atom. The summed E-state index contributed by atoms with van der Waals surface area (Å²) in [6.07, 6.45) is 2.43. The van der Waals surface area contributed by atoms with Crippen LogP contribution in [0.1, 0.15) is 43.1 Å². The van der Waals surface area contributed by atoms with E-state index in [1.807, 2.05) is 20.8 Å². The zero-order valence-corrected chi connectivity index (χ0v) is 17.1. The van der Waals surface area contributed by atoms with Gasteiger partial charge in [-0.1, -0.05) is 18.5 Å². The third kappa shape index (κ3) is 6.16. The first-order valence-corrected chi connectivity index (χ1v) is 9.62. The fourth-order valence-corrected chi connectivity index (χ4v) is 2.64. The van der Waals surface area contributed by atoms with E-state index >= 15 is 0 Å². The highest BCUT2D eigenvalue weighted by Gasteiger charge is 2.11. The lowest BCUT2D eigenvalue weighted by molar-refractivity contribution is 0.0955. The summed E-state index contributed by atoms with van der Waals surface area (Å²) in [5.74, 6) is 1.44. The van der Waals surface area contributed by atoms with Crippen molar-refractivity contribution in [3.8, 4) is 17.2 Å². The third-order valence-corrected chi connectivity index (χ3v) is 3.87. The second kappa shape index (κ2) is 11.2. The highest BCUT2D eigenvalue weighted by Crippen LogP contribution is 2.36. The molecule has 0 aromatic heterocycles. The van der Waals surface area contributed by atoms with Crippen molar-refractivity contribution in [3.05, 3.63) is 52.5 Å². The zero-order valence-electron chi connectivity index (χ0n) is 16.3. The minimum atomic E-state index is -0.319. The van der Waals surface area contributed by atoms with E-state index in [1.165, 1.54) is 6.21 Å². The van der Waals surface area contributed by atoms with Gasteiger partial charge in [0.25, 0.3) is 5.91 Å². The lowest BCUT2D eigenvalue weighted by atomic mass is 10.2. The van der Waals surface area contributed by atoms with E-state index in [4.69, 9.17) is 25.8 Å². The van der Waals surface area contributed by atoms with Gasteiger partial charge in [0.1, 0.15) is 5.75 Å². The van der Waals surface area contributed by atoms with Gasteiger partial charge in [0.15, 0.2) is 11.5 Å². The molecular formula is C21H25ClN2O4. The quantitative estimate of drug-likeness (QED) is 0.460. The van der Waals surface area contributed by atoms with Crippen LogP contribution in [0.15, 0.2) is 41.5 Å². The van der Waals surface area contributed by atoms with Crippen molar-refractivity contribution in [1.82, 2.24) is 5.43 Å². The van der Waals surface area contributed by atoms with Crippen LogP contribution in [0, 0.1) is 0 Å². The molecule has 1 N–H and O–H groups in total. The molecule has 0 heterocycles. The number of hydrogen-bond donors (Lipinski definition) is 1. The second-order valence-electron chi connectivity index (χ2n) is 5.77. The van der Waals surface area contributed by atoms with Crippen LogP contribution in [0.5, 0.6) is 17.2 Å². The summed E-state index contributed by atoms with van der Waals surface area (Å²) in [4.78, 5) is 12.2. The number of benzene rings is 2. The Morgan fingerprint density at radius 2 is 1.79 bits per heavy atom. The summed E-state index contributed by atoms with van der Waals surface area (Å²) >= 11 is 6.27. The minimum Gasteiger partial charge on any atom is -0.494 e. The number of carbonyl (C=O) groups is 1. The average Bonchev–Trinajstić information content (AvgIpc) is 2.69. The Labute approximate surface area is 170 Å². The molecule has 2 rings (SSSR count). The number of hydrogen-bond acceptors (Lipinski definition) is 5. The maximum Gasteiger partial charge on any atom is 0.271 e. The highest BCUT2D eigenvalue weighted by atomic mass is 35.5. The predicted molar refractivity (Wildman–Crippen MR) is 111 cm³/mol. The summed E-state index contributed by atoms with van der Waals surface area (Å²) in [7, 11) is 0. The van der Waals surface area contributed by atoms with E-state index in [9.17, 15) is 4.79 Å². The van der Waals surface area contributed by atoms with Crippen molar-refractivity contribution in [2.75, 3.05) is 19.8 Å². The zero-order chi connectivity index (χ0) is 20.4. The number of carbonyl (C=O) groups excluding carboxylic acids is 1. The van der Waals surface area contributed by atoms with Gasteiger partial charge in [-0.05, 0) is 62.2 Å². The van der Waals surface area contributed by atoms with Gasteiger partial charge >= 0.3 is 0 Å². The van der Waals surface area contributed by atoms with Crippen LogP contribution in [-0.4, -0.2) is 31.9 Å². The molecule has 0 bridgehead atoms. The van der Waals surface area contributed by atoms with Crippen molar-refractivity contribution in [2.24, 2.45) is 5.10 Å². The largest absolute Gasteiger partial charge is 0.494 e. The van der Waals surface area contributed by atoms with Crippen molar-refractivity contribution in [1.29, 1.82) is 0 Å². The van der Waals surface area contributed by atoms with Gasteiger partial charge in [0.2, 0.25) is 0 Å². The molecule has 0 spiro atoms. The number of nitrogens with zero attached hydrogens (tertiary/aromatic N) is 1. The van der Waals surface area contributed by atoms with Crippen LogP contribution >= 0.6 is 11.6 Å². The van der Waals surface area contributed by atoms with Crippen molar-refractivity contribution in [2.45, 2.75) is 27.2 Å². The molecule has 0 aliphatic heterocycles. The van der Waals surface area contributed by atoms with Crippen molar-refractivity contribution >= 4 is 23.7 Å². The fraction of sp³-hybridized carbons (Fsp3) is 0.333. The average molecular weight is 405 g/mol. The third-order valence-electron chi connectivity index (χ3n) is 3.59. The number of halogens is 1. The van der Waals surface area contributed by atoms with Crippen LogP contribution in [0.25, 0.3) is 0 Å². The fourth-order valence-electron chi connectivity index (χ4n) is 2.36. The molecule has 7 heteroatoms. The number of amides is 1. The van der Waals surface area contributed by atoms with Crippen molar-refractivity contribution in [3.63, 3.8) is 0 Å². The maximum atomic E-state index is 12.2. The Balaban J connectivity index is 2.04. The monoisotopic (exact) mass is 404 g/mol. The van der Waals surface area contributed by atoms with Gasteiger partial charge in [0.05, 0.1) is 31.1 Å². The molecule has 0 saturated heterocycles. The number of rotatable bonds is 10. The molecule has 0 radical (unpaired) electrons. The van der Waals surface area contributed by atoms with Crippen LogP contribution in [0.4, 0.5) is 0 Å². The van der Waals surface area contributed by atoms with Crippen LogP contribution in [-0.2, 0) is 0 Å². The van der Waals surface area contributed by atoms with E-state index in [2.05, 4.69) is 10.5 Å². The molecule has 0 unspecified atom stereocenters. The molecule has 0 fully saturated rings. The molecule has 150 valence electrons. The van der Waals surface area contributed by atoms with Gasteiger partial charge in [0, 0.05) is 5.56 Å². The SMILES string of the molecule is CCCOc1ccc(C(=O)N/N=C\c2cc(Cl)c(OCC)c(OCC)c2)cc1. The topological polar surface area (TPSA) is 69.2 Å². The Morgan fingerprint density at radius 3 is 2.43 bits per heavy atom. The number of ether oxygens (including phenoxy) is 3. The lowest BCUT2D eigenvalue weighted by Crippen LogP contribution is -2.17. The molecule has 1 amide bonds. The van der Waals surface area contributed by atoms with E-state index in [0.717, 1.165) is 12.2 Å². The summed E-state index contributed by atoms with van der Waals surface area (Å²) < 4.78 is 16.6. The standard InChI is InChI=1S/C21H25ClN2O4/c1-4-11-28-17-9-7-16(8-10-17)21(25)24-23-14-15-12-18(22)20(27-6-3)19(13-15)26-5-2/h7-10,12-14H,4-6,11H2,1-3H3,(H,24,25)/b23-14-. The Bertz CT molecular complexity index is 807. The molecule has 2 aromatic carbocycles. The Kier molecular flexibility index (Phi) is 8.62. The number of hydrazone groups is 1. The van der Waals surface area contributed by atoms with Gasteiger partial charge in [-0.3, -0.25) is 4.79 Å². The lowest BCUT2D eigenvalue weighted by Gasteiger charge is -2.13. The summed E-state index contributed by atoms with van der Waals surface area (Å²) in [6.45, 7) is 7.39. The van der Waals surface area contributed by atoms with Gasteiger partial charge in [-0.25, -0.2) is 5.43 Å². The molecule has 2 aromatic rings. The summed E-state index contributed by atoms with van der Waals surface area (Å²) in [5.41, 5.74) is 3.66. The molecule has 28 heavy (non-hydrogen) atoms. The molecule has 0 atom stereocenters. The van der Waals surface area contributed by atoms with Gasteiger partial charge < -0.3 is 14.2 Å². The predicted octanol–water partition coefficient (Wildman–Crippen LogP) is 4.69. The van der Waals surface area contributed by atoms with E-state index < -0.39 is 0 Å². The van der Waals surface area contributed by atoms with Gasteiger partial charge in [-0.2, -0.15) is 5.10 Å². The van der Waals surface area contributed by atoms with Crippen LogP contribution in [0.2, 0.25) is 5.02 Å². The maximum absolute atomic E-state index is 12.2. The smallest absolute Gasteiger partial charge is 0.271 e. The Hall–Kier alpha value is -2.73. The molecule has 0 aliphatic rings. The molecule has 6 nitrogen and oxygen atoms in total. The van der Waals surface area contributed by atoms with E-state index in [0.29, 0.717) is 47.5 Å². The van der Waals surface area contributed by atoms with Crippen LogP contribution in [0.3, 0.4) is 0 Å². The molecule has 0 aliphatic carbocycles. The van der Waals surface area contributed by atoms with E-state index in [-0.39, 0.29) is 5.91 Å². The first kappa shape index (κ1) is 21.6. The first-order chi connectivity index (χ1) is 13.6. The summed E-state index contributed by atoms with van der Waals surface area (Å²) in [5, 5.41) is 4.42. The first-order valence-electron chi connectivity index (χ1n) is 9.24. The molecular weight excluding hydrogens is 380 g/mol. The molecule has 0 saturated carbocycles. The second-order valence-corrected chi connectivity index (χ2v) is 6.18. The normalized spacial score (nSPS) is 10.7. The summed E-state index contributed by atoms with van der Waals surface area (Å²) in [6, 6.07) is 10.4. The van der Waals surface area contributed by atoms with Crippen molar-refractivity contribution < 1.29 is 19.0 Å². The highest BCUT2D eigenvalue weighted by molar-refractivity contribution is 6.32. The van der Waals surface area contributed by atoms with Gasteiger partial charge in [-0.15, -0.1) is 0 Å². The van der Waals surface area contributed by atoms with E-state index in [1.54, 1.807) is 36.4 Å². The minimum absolute atomic E-state index is 0.319. The number of nitrogens with one attached hydrogen (secondary N) is 1. The van der Waals surface area contributed by atoms with Crippen LogP contribution < -0.4 is 19.6 Å².